The van der Waals surface area contributed by atoms with Gasteiger partial charge in [-0.3, -0.25) is 4.79 Å². The number of carbonyl (C=O) groups excluding carboxylic acids is 1. The number of aliphatic hydroxyl groups is 1. The van der Waals surface area contributed by atoms with E-state index in [1.807, 2.05) is 19.1 Å². The van der Waals surface area contributed by atoms with Gasteiger partial charge in [-0.1, -0.05) is 32.6 Å². The molecule has 2 aliphatic rings. The minimum absolute atomic E-state index is 0.112. The lowest BCUT2D eigenvalue weighted by Crippen LogP contribution is -2.44. The second-order valence-corrected chi connectivity index (χ2v) is 8.04. The van der Waals surface area contributed by atoms with Crippen LogP contribution in [0.25, 0.3) is 28.4 Å². The highest BCUT2D eigenvalue weighted by Gasteiger charge is 2.45. The molecule has 0 unspecified atom stereocenters. The molecule has 1 aromatic carbocycles. The molecule has 7 nitrogen and oxygen atoms in total. The van der Waals surface area contributed by atoms with Crippen molar-refractivity contribution in [1.82, 2.24) is 9.55 Å². The van der Waals surface area contributed by atoms with Gasteiger partial charge in [0.1, 0.15) is 6.61 Å². The predicted molar refractivity (Wildman–Crippen MR) is 118 cm³/mol. The maximum absolute atomic E-state index is 13.3. The van der Waals surface area contributed by atoms with Crippen molar-refractivity contribution in [3.8, 4) is 11.4 Å². The predicted octanol–water partition coefficient (Wildman–Crippen LogP) is 2.87. The van der Waals surface area contributed by atoms with E-state index in [1.165, 1.54) is 0 Å². The van der Waals surface area contributed by atoms with Gasteiger partial charge in [0.25, 0.3) is 5.56 Å². The number of ether oxygens (including phenoxy) is 1. The van der Waals surface area contributed by atoms with Crippen molar-refractivity contribution >= 4 is 28.6 Å². The summed E-state index contributed by atoms with van der Waals surface area (Å²) in [6.07, 6.45) is 2.55. The number of hydrogen-bond donors (Lipinski definition) is 2. The van der Waals surface area contributed by atoms with Gasteiger partial charge in [-0.05, 0) is 36.1 Å². The smallest absolute Gasteiger partial charge is 0.343 e. The first-order chi connectivity index (χ1) is 14.8. The number of rotatable bonds is 3. The molecule has 3 aromatic rings. The lowest BCUT2D eigenvalue weighted by atomic mass is 9.86. The third kappa shape index (κ3) is 2.41. The molecule has 0 spiro atoms. The molecule has 1 atom stereocenters. The van der Waals surface area contributed by atoms with Crippen molar-refractivity contribution in [3.63, 3.8) is 0 Å². The van der Waals surface area contributed by atoms with E-state index >= 15 is 0 Å². The van der Waals surface area contributed by atoms with Gasteiger partial charge in [0.15, 0.2) is 5.60 Å². The number of hydrogen-bond acceptors (Lipinski definition) is 6. The maximum Gasteiger partial charge on any atom is 0.343 e. The number of nitrogens with two attached hydrogens (primary N) is 1. The van der Waals surface area contributed by atoms with Gasteiger partial charge < -0.3 is 20.1 Å². The molecule has 3 N–H and O–H groups in total. The number of anilines is 1. The lowest BCUT2D eigenvalue weighted by Gasteiger charge is -2.31. The molecule has 0 radical (unpaired) electrons. The summed E-state index contributed by atoms with van der Waals surface area (Å²) in [6, 6.07) is 5.51. The highest BCUT2D eigenvalue weighted by Crippen LogP contribution is 2.41. The summed E-state index contributed by atoms with van der Waals surface area (Å²) >= 11 is 0. The highest BCUT2D eigenvalue weighted by molar-refractivity contribution is 5.99. The van der Waals surface area contributed by atoms with E-state index in [0.29, 0.717) is 34.7 Å². The Bertz CT molecular complexity index is 1370. The Morgan fingerprint density at radius 3 is 2.77 bits per heavy atom. The van der Waals surface area contributed by atoms with Crippen LogP contribution in [0, 0.1) is 0 Å². The molecule has 0 saturated heterocycles. The average Bonchev–Trinajstić information content (AvgIpc) is 3.14. The van der Waals surface area contributed by atoms with Crippen LogP contribution in [-0.4, -0.2) is 20.6 Å². The third-order valence-electron chi connectivity index (χ3n) is 6.62. The Morgan fingerprint density at radius 2 is 2.10 bits per heavy atom. The van der Waals surface area contributed by atoms with E-state index in [4.69, 9.17) is 15.5 Å². The van der Waals surface area contributed by atoms with Crippen molar-refractivity contribution in [2.45, 2.75) is 45.4 Å². The van der Waals surface area contributed by atoms with E-state index in [0.717, 1.165) is 34.0 Å². The molecular formula is C24H23N3O4. The molecule has 7 heteroatoms. The fraction of sp³-hybridized carbons (Fsp3) is 0.292. The standard InChI is InChI=1S/C24H23N3O4/c1-4-12-7-8-17-19(20(12)25)13(5-2)14-10-27-18(21(14)26-17)9-16-15(22(27)28)11-31-23(29)24(16,30)6-3/h4,7-9,30H,1,5-6,10-11,25H2,2-3H3/t24-/m0/s1. The zero-order chi connectivity index (χ0) is 22.1. The number of fused-ring (bicyclic) bond motifs is 5. The summed E-state index contributed by atoms with van der Waals surface area (Å²) in [5.41, 5.74) is 10.4. The number of cyclic esters (lactones) is 1. The van der Waals surface area contributed by atoms with Crippen molar-refractivity contribution in [2.24, 2.45) is 0 Å². The summed E-state index contributed by atoms with van der Waals surface area (Å²) in [5.74, 6) is -0.726. The molecule has 158 valence electrons. The summed E-state index contributed by atoms with van der Waals surface area (Å²) in [7, 11) is 0. The monoisotopic (exact) mass is 417 g/mol. The largest absolute Gasteiger partial charge is 0.458 e. The molecule has 2 aromatic heterocycles. The minimum Gasteiger partial charge on any atom is -0.458 e. The number of carbonyl (C=O) groups is 1. The molecule has 0 aliphatic carbocycles. The SMILES string of the molecule is C=Cc1ccc2nc3c(c(CC)c2c1N)Cn1c-3cc2c(c1=O)COC(=O)[C@]2(O)CC. The molecular weight excluding hydrogens is 394 g/mol. The highest BCUT2D eigenvalue weighted by atomic mass is 16.6. The normalized spacial score (nSPS) is 19.0. The number of pyridine rings is 2. The van der Waals surface area contributed by atoms with Crippen molar-refractivity contribution in [2.75, 3.05) is 5.73 Å². The molecule has 0 fully saturated rings. The number of aryl methyl sites for hydroxylation is 1. The van der Waals surface area contributed by atoms with E-state index in [2.05, 4.69) is 6.58 Å². The van der Waals surface area contributed by atoms with Crippen molar-refractivity contribution < 1.29 is 14.6 Å². The number of nitrogen functional groups attached to an aromatic ring is 1. The fourth-order valence-electron chi connectivity index (χ4n) is 4.88. The Kier molecular flexibility index (Phi) is 4.10. The maximum atomic E-state index is 13.3. The average molecular weight is 417 g/mol. The second kappa shape index (κ2) is 6.52. The zero-order valence-corrected chi connectivity index (χ0v) is 17.5. The van der Waals surface area contributed by atoms with Gasteiger partial charge in [0.05, 0.1) is 29.0 Å². The quantitative estimate of drug-likeness (QED) is 0.392. The molecule has 2 aliphatic heterocycles. The van der Waals surface area contributed by atoms with Crippen LogP contribution >= 0.6 is 0 Å². The Hall–Kier alpha value is -3.45. The van der Waals surface area contributed by atoms with Crippen LogP contribution in [0.4, 0.5) is 5.69 Å². The van der Waals surface area contributed by atoms with Crippen LogP contribution in [-0.2, 0) is 34.7 Å². The van der Waals surface area contributed by atoms with Crippen LogP contribution in [0.5, 0.6) is 0 Å². The molecule has 0 saturated carbocycles. The van der Waals surface area contributed by atoms with Crippen molar-refractivity contribution in [1.29, 1.82) is 0 Å². The zero-order valence-electron chi connectivity index (χ0n) is 17.5. The molecule has 0 amide bonds. The molecule has 5 rings (SSSR count). The summed E-state index contributed by atoms with van der Waals surface area (Å²) in [4.78, 5) is 30.5. The summed E-state index contributed by atoms with van der Waals surface area (Å²) in [5, 5.41) is 11.9. The van der Waals surface area contributed by atoms with Crippen LogP contribution in [0.15, 0.2) is 29.6 Å². The number of aromatic nitrogens is 2. The Balaban J connectivity index is 1.85. The van der Waals surface area contributed by atoms with Gasteiger partial charge >= 0.3 is 5.97 Å². The minimum atomic E-state index is -1.83. The summed E-state index contributed by atoms with van der Waals surface area (Å²) < 4.78 is 6.78. The molecule has 4 heterocycles. The van der Waals surface area contributed by atoms with Crippen LogP contribution in [0.1, 0.15) is 48.1 Å². The number of nitrogens with zero attached hydrogens (tertiary/aromatic N) is 2. The van der Waals surface area contributed by atoms with Crippen LogP contribution in [0.3, 0.4) is 0 Å². The number of benzene rings is 1. The summed E-state index contributed by atoms with van der Waals surface area (Å²) in [6.45, 7) is 7.79. The first-order valence-electron chi connectivity index (χ1n) is 10.4. The van der Waals surface area contributed by atoms with E-state index in [1.54, 1.807) is 23.6 Å². The first-order valence-corrected chi connectivity index (χ1v) is 10.4. The third-order valence-corrected chi connectivity index (χ3v) is 6.62. The van der Waals surface area contributed by atoms with E-state index in [9.17, 15) is 14.7 Å². The van der Waals surface area contributed by atoms with Crippen LogP contribution in [0.2, 0.25) is 0 Å². The van der Waals surface area contributed by atoms with E-state index in [-0.39, 0.29) is 18.6 Å². The van der Waals surface area contributed by atoms with Gasteiger partial charge in [0, 0.05) is 22.2 Å². The van der Waals surface area contributed by atoms with E-state index < -0.39 is 11.6 Å². The van der Waals surface area contributed by atoms with Gasteiger partial charge in [-0.25, -0.2) is 9.78 Å². The van der Waals surface area contributed by atoms with Gasteiger partial charge in [0.2, 0.25) is 0 Å². The Labute approximate surface area is 178 Å². The molecule has 31 heavy (non-hydrogen) atoms. The topological polar surface area (TPSA) is 107 Å². The second-order valence-electron chi connectivity index (χ2n) is 8.04. The fourth-order valence-corrected chi connectivity index (χ4v) is 4.88. The first kappa shape index (κ1) is 19.5. The van der Waals surface area contributed by atoms with Crippen LogP contribution < -0.4 is 11.3 Å². The lowest BCUT2D eigenvalue weighted by molar-refractivity contribution is -0.172. The van der Waals surface area contributed by atoms with Crippen molar-refractivity contribution in [3.05, 3.63) is 62.9 Å². The molecule has 0 bridgehead atoms. The Morgan fingerprint density at radius 1 is 1.32 bits per heavy atom. The van der Waals surface area contributed by atoms with Gasteiger partial charge in [-0.15, -0.1) is 0 Å². The number of esters is 1. The van der Waals surface area contributed by atoms with Gasteiger partial charge in [-0.2, -0.15) is 0 Å².